The highest BCUT2D eigenvalue weighted by atomic mass is 32.2. The Morgan fingerprint density at radius 3 is 2.75 bits per heavy atom. The molecule has 2 aromatic rings. The summed E-state index contributed by atoms with van der Waals surface area (Å²) in [5.74, 6) is 0.895. The molecule has 0 radical (unpaired) electrons. The van der Waals surface area contributed by atoms with E-state index in [1.165, 1.54) is 28.0 Å². The summed E-state index contributed by atoms with van der Waals surface area (Å²) in [5.41, 5.74) is 1.58. The second-order valence-electron chi connectivity index (χ2n) is 6.86. The summed E-state index contributed by atoms with van der Waals surface area (Å²) >= 11 is 2.85. The number of fused-ring (bicyclic) bond motifs is 1. The van der Waals surface area contributed by atoms with Gasteiger partial charge in [0.2, 0.25) is 5.91 Å². The Morgan fingerprint density at radius 1 is 1.29 bits per heavy atom. The Balaban J connectivity index is 1.70. The fraction of sp³-hybridized carbons (Fsp3) is 0.579. The summed E-state index contributed by atoms with van der Waals surface area (Å²) in [6.07, 6.45) is 2.86. The first-order valence-corrected chi connectivity index (χ1v) is 11.4. The molecule has 3 rings (SSSR count). The van der Waals surface area contributed by atoms with Crippen LogP contribution >= 0.6 is 23.1 Å². The highest BCUT2D eigenvalue weighted by Crippen LogP contribution is 2.39. The molecule has 1 N–H and O–H groups in total. The average Bonchev–Trinajstić information content (AvgIpc) is 3.33. The molecule has 152 valence electrons. The second-order valence-corrected chi connectivity index (χ2v) is 8.91. The summed E-state index contributed by atoms with van der Waals surface area (Å²) in [4.78, 5) is 26.1. The van der Waals surface area contributed by atoms with Crippen molar-refractivity contribution < 1.29 is 14.3 Å². The Bertz CT molecular complexity index is 873. The van der Waals surface area contributed by atoms with Crippen molar-refractivity contribution in [3.8, 4) is 0 Å². The van der Waals surface area contributed by atoms with Gasteiger partial charge in [-0.1, -0.05) is 25.6 Å². The van der Waals surface area contributed by atoms with Gasteiger partial charge in [-0.3, -0.25) is 4.79 Å². The number of thiophene rings is 1. The largest absolute Gasteiger partial charge is 0.462 e. The van der Waals surface area contributed by atoms with Crippen molar-refractivity contribution in [1.29, 1.82) is 0 Å². The fourth-order valence-electron chi connectivity index (χ4n) is 3.34. The Kier molecular flexibility index (Phi) is 6.77. The lowest BCUT2D eigenvalue weighted by Gasteiger charge is -2.10. The molecule has 0 spiro atoms. The Hall–Kier alpha value is -1.87. The highest BCUT2D eigenvalue weighted by Gasteiger charge is 2.28. The van der Waals surface area contributed by atoms with Crippen LogP contribution in [0.2, 0.25) is 0 Å². The molecule has 9 heteroatoms. The summed E-state index contributed by atoms with van der Waals surface area (Å²) in [5, 5.41) is 12.7. The average molecular weight is 423 g/mol. The van der Waals surface area contributed by atoms with Crippen molar-refractivity contribution in [1.82, 2.24) is 14.8 Å². The van der Waals surface area contributed by atoms with Crippen LogP contribution in [0.1, 0.15) is 66.7 Å². The third-order valence-electron chi connectivity index (χ3n) is 4.56. The number of aryl methyl sites for hydroxylation is 1. The van der Waals surface area contributed by atoms with Crippen molar-refractivity contribution in [3.63, 3.8) is 0 Å². The molecular formula is C19H26N4O3S2. The number of carbonyl (C=O) groups is 2. The van der Waals surface area contributed by atoms with Crippen LogP contribution < -0.4 is 5.32 Å². The van der Waals surface area contributed by atoms with Crippen LogP contribution in [0.25, 0.3) is 0 Å². The first-order valence-electron chi connectivity index (χ1n) is 9.63. The number of hydrogen-bond acceptors (Lipinski definition) is 7. The molecule has 28 heavy (non-hydrogen) atoms. The first kappa shape index (κ1) is 20.9. The number of nitrogens with one attached hydrogen (secondary N) is 1. The van der Waals surface area contributed by atoms with Gasteiger partial charge in [0.25, 0.3) is 0 Å². The van der Waals surface area contributed by atoms with Crippen molar-refractivity contribution >= 4 is 40.0 Å². The van der Waals surface area contributed by atoms with E-state index in [1.54, 1.807) is 6.92 Å². The molecule has 7 nitrogen and oxygen atoms in total. The molecule has 2 heterocycles. The summed E-state index contributed by atoms with van der Waals surface area (Å²) in [6, 6.07) is 0. The minimum Gasteiger partial charge on any atom is -0.462 e. The zero-order valence-electron chi connectivity index (χ0n) is 16.7. The molecule has 2 aromatic heterocycles. The lowest BCUT2D eigenvalue weighted by Crippen LogP contribution is -2.17. The SMILES string of the molecule is CCOC(=O)c1c(NC(=O)CSc2nnc(C(C)C)n2CC)sc2c1CCC2. The van der Waals surface area contributed by atoms with E-state index in [2.05, 4.69) is 29.4 Å². The lowest BCUT2D eigenvalue weighted by atomic mass is 10.1. The van der Waals surface area contributed by atoms with E-state index in [-0.39, 0.29) is 23.5 Å². The van der Waals surface area contributed by atoms with Gasteiger partial charge >= 0.3 is 5.97 Å². The Labute approximate surface area is 173 Å². The van der Waals surface area contributed by atoms with E-state index in [4.69, 9.17) is 4.74 Å². The van der Waals surface area contributed by atoms with E-state index >= 15 is 0 Å². The molecule has 0 bridgehead atoms. The van der Waals surface area contributed by atoms with Gasteiger partial charge in [0.05, 0.1) is 17.9 Å². The number of carbonyl (C=O) groups excluding carboxylic acids is 2. The van der Waals surface area contributed by atoms with E-state index in [0.717, 1.165) is 42.4 Å². The summed E-state index contributed by atoms with van der Waals surface area (Å²) in [7, 11) is 0. The van der Waals surface area contributed by atoms with Gasteiger partial charge in [0.1, 0.15) is 10.8 Å². The maximum atomic E-state index is 12.6. The summed E-state index contributed by atoms with van der Waals surface area (Å²) in [6.45, 7) is 9.05. The second kappa shape index (κ2) is 9.09. The highest BCUT2D eigenvalue weighted by molar-refractivity contribution is 7.99. The molecule has 1 amide bonds. The topological polar surface area (TPSA) is 86.1 Å². The van der Waals surface area contributed by atoms with Crippen LogP contribution in [0.4, 0.5) is 5.00 Å². The van der Waals surface area contributed by atoms with Crippen LogP contribution in [-0.4, -0.2) is 39.0 Å². The number of hydrogen-bond donors (Lipinski definition) is 1. The molecule has 0 aromatic carbocycles. The van der Waals surface area contributed by atoms with Gasteiger partial charge in [-0.2, -0.15) is 0 Å². The number of thioether (sulfide) groups is 1. The number of amides is 1. The molecule has 0 saturated heterocycles. The summed E-state index contributed by atoms with van der Waals surface area (Å²) < 4.78 is 7.24. The predicted molar refractivity (Wildman–Crippen MR) is 111 cm³/mol. The number of aromatic nitrogens is 3. The smallest absolute Gasteiger partial charge is 0.341 e. The number of rotatable bonds is 8. The van der Waals surface area contributed by atoms with Crippen molar-refractivity contribution in [2.24, 2.45) is 0 Å². The quantitative estimate of drug-likeness (QED) is 0.513. The molecule has 0 aliphatic heterocycles. The zero-order chi connectivity index (χ0) is 20.3. The molecule has 0 fully saturated rings. The predicted octanol–water partition coefficient (Wildman–Crippen LogP) is 3.88. The third-order valence-corrected chi connectivity index (χ3v) is 6.74. The van der Waals surface area contributed by atoms with Crippen LogP contribution in [0.5, 0.6) is 0 Å². The van der Waals surface area contributed by atoms with Gasteiger partial charge < -0.3 is 14.6 Å². The van der Waals surface area contributed by atoms with E-state index in [1.807, 2.05) is 11.5 Å². The maximum Gasteiger partial charge on any atom is 0.341 e. The fourth-order valence-corrected chi connectivity index (χ4v) is 5.44. The van der Waals surface area contributed by atoms with Crippen molar-refractivity contribution in [2.45, 2.75) is 64.6 Å². The van der Waals surface area contributed by atoms with Gasteiger partial charge in [-0.05, 0) is 38.7 Å². The Morgan fingerprint density at radius 2 is 2.07 bits per heavy atom. The van der Waals surface area contributed by atoms with Gasteiger partial charge in [-0.25, -0.2) is 4.79 Å². The number of anilines is 1. The maximum absolute atomic E-state index is 12.6. The first-order chi connectivity index (χ1) is 13.5. The molecular weight excluding hydrogens is 396 g/mol. The number of ether oxygens (including phenoxy) is 1. The minimum atomic E-state index is -0.350. The molecule has 0 atom stereocenters. The van der Waals surface area contributed by atoms with Crippen LogP contribution in [0.3, 0.4) is 0 Å². The molecule has 1 aliphatic rings. The van der Waals surface area contributed by atoms with E-state index < -0.39 is 0 Å². The lowest BCUT2D eigenvalue weighted by molar-refractivity contribution is -0.113. The van der Waals surface area contributed by atoms with Crippen LogP contribution in [0.15, 0.2) is 5.16 Å². The van der Waals surface area contributed by atoms with Crippen LogP contribution in [-0.2, 0) is 28.9 Å². The monoisotopic (exact) mass is 422 g/mol. The van der Waals surface area contributed by atoms with Gasteiger partial charge in [0, 0.05) is 17.3 Å². The van der Waals surface area contributed by atoms with E-state index in [0.29, 0.717) is 17.2 Å². The zero-order valence-corrected chi connectivity index (χ0v) is 18.3. The van der Waals surface area contributed by atoms with Gasteiger partial charge in [0.15, 0.2) is 5.16 Å². The molecule has 1 aliphatic carbocycles. The molecule has 0 unspecified atom stereocenters. The number of nitrogens with zero attached hydrogens (tertiary/aromatic N) is 3. The minimum absolute atomic E-state index is 0.160. The third kappa shape index (κ3) is 4.25. The van der Waals surface area contributed by atoms with Gasteiger partial charge in [-0.15, -0.1) is 21.5 Å². The van der Waals surface area contributed by atoms with Crippen molar-refractivity contribution in [2.75, 3.05) is 17.7 Å². The van der Waals surface area contributed by atoms with E-state index in [9.17, 15) is 9.59 Å². The van der Waals surface area contributed by atoms with Crippen molar-refractivity contribution in [3.05, 3.63) is 21.8 Å². The molecule has 0 saturated carbocycles. The van der Waals surface area contributed by atoms with Crippen LogP contribution in [0, 0.1) is 0 Å². The standard InChI is InChI=1S/C19H26N4O3S2/c1-5-23-16(11(3)4)21-22-19(23)27-10-14(24)20-17-15(18(25)26-6-2)12-8-7-9-13(12)28-17/h11H,5-10H2,1-4H3,(H,20,24). The normalized spacial score (nSPS) is 13.0. The number of esters is 1.